The van der Waals surface area contributed by atoms with Gasteiger partial charge in [0.25, 0.3) is 0 Å². The van der Waals surface area contributed by atoms with E-state index in [1.807, 2.05) is 24.3 Å². The van der Waals surface area contributed by atoms with Crippen molar-refractivity contribution in [3.63, 3.8) is 0 Å². The number of carbonyl (C=O) groups excluding carboxylic acids is 1. The smallest absolute Gasteiger partial charge is 0.137 e. The summed E-state index contributed by atoms with van der Waals surface area (Å²) in [5.41, 5.74) is 6.27. The first kappa shape index (κ1) is 12.2. The van der Waals surface area contributed by atoms with E-state index in [4.69, 9.17) is 17.3 Å². The zero-order chi connectivity index (χ0) is 11.1. The topological polar surface area (TPSA) is 43.1 Å². The molecule has 1 rings (SSSR count). The molecule has 0 radical (unpaired) electrons. The maximum absolute atomic E-state index is 11.5. The van der Waals surface area contributed by atoms with Crippen molar-refractivity contribution >= 4 is 17.4 Å². The lowest BCUT2D eigenvalue weighted by atomic mass is 10.0. The van der Waals surface area contributed by atoms with E-state index >= 15 is 0 Å². The molecule has 0 spiro atoms. The van der Waals surface area contributed by atoms with Crippen molar-refractivity contribution < 1.29 is 4.79 Å². The molecule has 0 atom stereocenters. The molecule has 82 valence electrons. The molecule has 0 bridgehead atoms. The van der Waals surface area contributed by atoms with E-state index in [9.17, 15) is 4.79 Å². The van der Waals surface area contributed by atoms with E-state index in [1.54, 1.807) is 0 Å². The van der Waals surface area contributed by atoms with Gasteiger partial charge >= 0.3 is 0 Å². The molecular weight excluding hydrogens is 210 g/mol. The highest BCUT2D eigenvalue weighted by molar-refractivity contribution is 6.31. The summed E-state index contributed by atoms with van der Waals surface area (Å²) in [6.07, 6.45) is 2.82. The van der Waals surface area contributed by atoms with E-state index < -0.39 is 0 Å². The van der Waals surface area contributed by atoms with Gasteiger partial charge in [-0.3, -0.25) is 4.79 Å². The van der Waals surface area contributed by atoms with Gasteiger partial charge in [0.15, 0.2) is 0 Å². The molecule has 2 N–H and O–H groups in total. The van der Waals surface area contributed by atoms with Crippen LogP contribution in [0.5, 0.6) is 0 Å². The SMILES string of the molecule is NCCCCC(=O)Cc1ccccc1Cl. The number of unbranched alkanes of at least 4 members (excludes halogenated alkanes) is 1. The third-order valence-corrected chi connectivity index (χ3v) is 2.62. The molecule has 0 saturated heterocycles. The Morgan fingerprint density at radius 3 is 2.67 bits per heavy atom. The van der Waals surface area contributed by atoms with Crippen molar-refractivity contribution in [1.29, 1.82) is 0 Å². The molecule has 0 saturated carbocycles. The van der Waals surface area contributed by atoms with E-state index in [2.05, 4.69) is 0 Å². The lowest BCUT2D eigenvalue weighted by Crippen LogP contribution is -2.05. The Balaban J connectivity index is 2.41. The van der Waals surface area contributed by atoms with Gasteiger partial charge in [0.2, 0.25) is 0 Å². The molecule has 0 unspecified atom stereocenters. The summed E-state index contributed by atoms with van der Waals surface area (Å²) in [7, 11) is 0. The number of halogens is 1. The van der Waals surface area contributed by atoms with Crippen molar-refractivity contribution in [2.24, 2.45) is 5.73 Å². The van der Waals surface area contributed by atoms with E-state index in [1.165, 1.54) is 0 Å². The van der Waals surface area contributed by atoms with Crippen LogP contribution in [0.4, 0.5) is 0 Å². The minimum Gasteiger partial charge on any atom is -0.330 e. The van der Waals surface area contributed by atoms with E-state index in [-0.39, 0.29) is 5.78 Å². The van der Waals surface area contributed by atoms with Crippen LogP contribution in [-0.4, -0.2) is 12.3 Å². The number of hydrogen-bond acceptors (Lipinski definition) is 2. The highest BCUT2D eigenvalue weighted by Gasteiger charge is 2.05. The fraction of sp³-hybridized carbons (Fsp3) is 0.417. The van der Waals surface area contributed by atoms with Crippen LogP contribution in [0.1, 0.15) is 24.8 Å². The monoisotopic (exact) mass is 225 g/mol. The van der Waals surface area contributed by atoms with Gasteiger partial charge in [0, 0.05) is 17.9 Å². The summed E-state index contributed by atoms with van der Waals surface area (Å²) in [4.78, 5) is 11.5. The number of nitrogens with two attached hydrogens (primary N) is 1. The fourth-order valence-electron chi connectivity index (χ4n) is 1.41. The molecular formula is C12H16ClNO. The van der Waals surface area contributed by atoms with Crippen molar-refractivity contribution in [3.05, 3.63) is 34.9 Å². The first-order valence-corrected chi connectivity index (χ1v) is 5.57. The van der Waals surface area contributed by atoms with Crippen LogP contribution in [0.3, 0.4) is 0 Å². The largest absolute Gasteiger partial charge is 0.330 e. The molecule has 15 heavy (non-hydrogen) atoms. The maximum Gasteiger partial charge on any atom is 0.137 e. The Hall–Kier alpha value is -0.860. The second kappa shape index (κ2) is 6.59. The maximum atomic E-state index is 11.5. The molecule has 0 heterocycles. The lowest BCUT2D eigenvalue weighted by molar-refractivity contribution is -0.118. The summed E-state index contributed by atoms with van der Waals surface area (Å²) in [6.45, 7) is 0.652. The van der Waals surface area contributed by atoms with Crippen LogP contribution in [-0.2, 0) is 11.2 Å². The minimum absolute atomic E-state index is 0.233. The molecule has 3 heteroatoms. The number of benzene rings is 1. The first-order chi connectivity index (χ1) is 7.24. The normalized spacial score (nSPS) is 10.3. The van der Waals surface area contributed by atoms with Crippen molar-refractivity contribution in [2.75, 3.05) is 6.54 Å². The van der Waals surface area contributed by atoms with Crippen LogP contribution < -0.4 is 5.73 Å². The molecule has 0 aliphatic carbocycles. The van der Waals surface area contributed by atoms with Gasteiger partial charge < -0.3 is 5.73 Å². The summed E-state index contributed by atoms with van der Waals surface area (Å²) in [5, 5.41) is 0.671. The second-order valence-corrected chi connectivity index (χ2v) is 3.96. The third-order valence-electron chi connectivity index (χ3n) is 2.26. The van der Waals surface area contributed by atoms with Gasteiger partial charge in [0.1, 0.15) is 5.78 Å². The van der Waals surface area contributed by atoms with E-state index in [0.717, 1.165) is 18.4 Å². The van der Waals surface area contributed by atoms with Crippen LogP contribution in [0.2, 0.25) is 5.02 Å². The third kappa shape index (κ3) is 4.45. The van der Waals surface area contributed by atoms with Gasteiger partial charge in [0.05, 0.1) is 0 Å². The average Bonchev–Trinajstić information content (AvgIpc) is 2.22. The molecule has 1 aromatic rings. The van der Waals surface area contributed by atoms with Crippen LogP contribution in [0.25, 0.3) is 0 Å². The Labute approximate surface area is 95.4 Å². The average molecular weight is 226 g/mol. The second-order valence-electron chi connectivity index (χ2n) is 3.55. The standard InChI is InChI=1S/C12H16ClNO/c13-12-7-2-1-5-10(12)9-11(15)6-3-4-8-14/h1-2,5,7H,3-4,6,8-9,14H2. The van der Waals surface area contributed by atoms with Crippen molar-refractivity contribution in [2.45, 2.75) is 25.7 Å². The summed E-state index contributed by atoms with van der Waals surface area (Å²) in [6, 6.07) is 7.46. The fourth-order valence-corrected chi connectivity index (χ4v) is 1.61. The number of ketones is 1. The summed E-state index contributed by atoms with van der Waals surface area (Å²) in [5.74, 6) is 0.233. The van der Waals surface area contributed by atoms with Gasteiger partial charge in [-0.15, -0.1) is 0 Å². The van der Waals surface area contributed by atoms with Crippen LogP contribution in [0, 0.1) is 0 Å². The molecule has 0 amide bonds. The Morgan fingerprint density at radius 1 is 1.27 bits per heavy atom. The van der Waals surface area contributed by atoms with E-state index in [0.29, 0.717) is 24.4 Å². The van der Waals surface area contributed by atoms with Gasteiger partial charge in [-0.1, -0.05) is 29.8 Å². The first-order valence-electron chi connectivity index (χ1n) is 5.19. The molecule has 0 fully saturated rings. The quantitative estimate of drug-likeness (QED) is 0.757. The molecule has 0 aliphatic rings. The van der Waals surface area contributed by atoms with Gasteiger partial charge in [-0.2, -0.15) is 0 Å². The highest BCUT2D eigenvalue weighted by atomic mass is 35.5. The van der Waals surface area contributed by atoms with Crippen molar-refractivity contribution in [3.8, 4) is 0 Å². The number of hydrogen-bond donors (Lipinski definition) is 1. The summed E-state index contributed by atoms with van der Waals surface area (Å²) >= 11 is 5.96. The predicted molar refractivity (Wildman–Crippen MR) is 63.1 cm³/mol. The van der Waals surface area contributed by atoms with Gasteiger partial charge in [-0.25, -0.2) is 0 Å². The zero-order valence-corrected chi connectivity index (χ0v) is 9.46. The lowest BCUT2D eigenvalue weighted by Gasteiger charge is -2.03. The molecule has 0 aromatic heterocycles. The molecule has 0 aliphatic heterocycles. The molecule has 1 aromatic carbocycles. The van der Waals surface area contributed by atoms with Crippen molar-refractivity contribution in [1.82, 2.24) is 0 Å². The number of Topliss-reactive ketones (excluding diaryl/α,β-unsaturated/α-hetero) is 1. The Bertz CT molecular complexity index is 325. The number of rotatable bonds is 6. The van der Waals surface area contributed by atoms with Crippen LogP contribution in [0.15, 0.2) is 24.3 Å². The van der Waals surface area contributed by atoms with Gasteiger partial charge in [-0.05, 0) is 31.0 Å². The van der Waals surface area contributed by atoms with Crippen LogP contribution >= 0.6 is 11.6 Å². The highest BCUT2D eigenvalue weighted by Crippen LogP contribution is 2.16. The Morgan fingerprint density at radius 2 is 2.00 bits per heavy atom. The number of carbonyl (C=O) groups is 1. The summed E-state index contributed by atoms with van der Waals surface area (Å²) < 4.78 is 0. The zero-order valence-electron chi connectivity index (χ0n) is 8.71. The predicted octanol–water partition coefficient (Wildman–Crippen LogP) is 2.58. The minimum atomic E-state index is 0.233. The molecule has 2 nitrogen and oxygen atoms in total. The Kier molecular flexibility index (Phi) is 5.37.